The number of non-ortho nitro benzene ring substituents is 1. The zero-order valence-electron chi connectivity index (χ0n) is 10.0. The maximum atomic E-state index is 11.5. The molecule has 0 atom stereocenters. The van der Waals surface area contributed by atoms with Gasteiger partial charge in [-0.3, -0.25) is 10.1 Å². The lowest BCUT2D eigenvalue weighted by Gasteiger charge is -2.04. The maximum absolute atomic E-state index is 11.5. The zero-order chi connectivity index (χ0) is 13.5. The van der Waals surface area contributed by atoms with E-state index >= 15 is 0 Å². The summed E-state index contributed by atoms with van der Waals surface area (Å²) in [4.78, 5) is 21.5. The molecule has 0 heterocycles. The number of rotatable bonds is 5. The third-order valence-corrected chi connectivity index (χ3v) is 2.26. The summed E-state index contributed by atoms with van der Waals surface area (Å²) in [7, 11) is 0. The molecule has 5 heteroatoms. The van der Waals surface area contributed by atoms with Crippen molar-refractivity contribution in [2.45, 2.75) is 13.3 Å². The fourth-order valence-corrected chi connectivity index (χ4v) is 1.36. The van der Waals surface area contributed by atoms with E-state index in [1.54, 1.807) is 19.1 Å². The minimum absolute atomic E-state index is 0.0130. The first-order valence-electron chi connectivity index (χ1n) is 5.37. The monoisotopic (exact) mass is 247 g/mol. The molecule has 94 valence electrons. The lowest BCUT2D eigenvalue weighted by atomic mass is 10.1. The Kier molecular flexibility index (Phi) is 4.84. The van der Waals surface area contributed by atoms with Gasteiger partial charge in [0.05, 0.1) is 17.1 Å². The smallest absolute Gasteiger partial charge is 0.342 e. The molecule has 5 nitrogen and oxygen atoms in total. The van der Waals surface area contributed by atoms with Crippen molar-refractivity contribution in [3.63, 3.8) is 0 Å². The normalized spacial score (nSPS) is 9.39. The van der Waals surface area contributed by atoms with Gasteiger partial charge in [-0.1, -0.05) is 18.7 Å². The molecule has 0 aliphatic carbocycles. The highest BCUT2D eigenvalue weighted by atomic mass is 16.6. The highest BCUT2D eigenvalue weighted by Crippen LogP contribution is 2.15. The van der Waals surface area contributed by atoms with Gasteiger partial charge in [0.25, 0.3) is 5.69 Å². The van der Waals surface area contributed by atoms with E-state index in [0.717, 1.165) is 5.56 Å². The Morgan fingerprint density at radius 1 is 1.44 bits per heavy atom. The van der Waals surface area contributed by atoms with Crippen LogP contribution in [0.15, 0.2) is 42.1 Å². The number of hydrogen-bond acceptors (Lipinski definition) is 4. The number of carbonyl (C=O) groups is 1. The zero-order valence-corrected chi connectivity index (χ0v) is 10.0. The molecule has 0 saturated heterocycles. The first-order chi connectivity index (χ1) is 8.58. The van der Waals surface area contributed by atoms with Gasteiger partial charge >= 0.3 is 5.97 Å². The molecular formula is C13H13NO4. The first kappa shape index (κ1) is 13.7. The van der Waals surface area contributed by atoms with E-state index < -0.39 is 10.9 Å². The molecule has 18 heavy (non-hydrogen) atoms. The van der Waals surface area contributed by atoms with Gasteiger partial charge in [-0.05, 0) is 12.5 Å². The SMILES string of the molecule is C=C=C(Cc1ccc([N+](=O)[O-])cc1)C(=O)OCC. The van der Waals surface area contributed by atoms with Crippen molar-refractivity contribution in [3.8, 4) is 0 Å². The molecule has 1 aromatic carbocycles. The molecule has 1 rings (SSSR count). The van der Waals surface area contributed by atoms with Crippen LogP contribution in [0.2, 0.25) is 0 Å². The summed E-state index contributed by atoms with van der Waals surface area (Å²) in [5, 5.41) is 10.5. The van der Waals surface area contributed by atoms with E-state index in [0.29, 0.717) is 12.0 Å². The summed E-state index contributed by atoms with van der Waals surface area (Å²) in [5.41, 5.74) is 3.62. The van der Waals surface area contributed by atoms with E-state index in [2.05, 4.69) is 12.3 Å². The van der Waals surface area contributed by atoms with Crippen molar-refractivity contribution >= 4 is 11.7 Å². The molecule has 0 saturated carbocycles. The molecule has 0 fully saturated rings. The standard InChI is InChI=1S/C13H13NO4/c1-3-11(13(15)18-4-2)9-10-5-7-12(8-6-10)14(16)17/h5-8H,1,4,9H2,2H3. The van der Waals surface area contributed by atoms with Crippen LogP contribution in [-0.4, -0.2) is 17.5 Å². The van der Waals surface area contributed by atoms with Crippen LogP contribution in [0.25, 0.3) is 0 Å². The van der Waals surface area contributed by atoms with Crippen molar-refractivity contribution in [2.24, 2.45) is 0 Å². The van der Waals surface area contributed by atoms with Crippen molar-refractivity contribution < 1.29 is 14.5 Å². The second-order valence-electron chi connectivity index (χ2n) is 3.48. The van der Waals surface area contributed by atoms with Gasteiger partial charge in [-0.25, -0.2) is 4.79 Å². The molecule has 0 spiro atoms. The summed E-state index contributed by atoms with van der Waals surface area (Å²) in [5.74, 6) is -0.467. The van der Waals surface area contributed by atoms with Crippen LogP contribution in [0.1, 0.15) is 12.5 Å². The minimum Gasteiger partial charge on any atom is -0.462 e. The summed E-state index contributed by atoms with van der Waals surface area (Å²) in [6.07, 6.45) is 0.292. The summed E-state index contributed by atoms with van der Waals surface area (Å²) in [6, 6.07) is 5.96. The molecule has 0 radical (unpaired) electrons. The van der Waals surface area contributed by atoms with Crippen LogP contribution < -0.4 is 0 Å². The van der Waals surface area contributed by atoms with E-state index in [1.165, 1.54) is 12.1 Å². The Morgan fingerprint density at radius 2 is 2.06 bits per heavy atom. The molecule has 0 aliphatic rings. The molecule has 0 aromatic heterocycles. The summed E-state index contributed by atoms with van der Waals surface area (Å²) >= 11 is 0. The largest absolute Gasteiger partial charge is 0.462 e. The number of nitro groups is 1. The van der Waals surface area contributed by atoms with Crippen LogP contribution in [0.5, 0.6) is 0 Å². The number of carbonyl (C=O) groups excluding carboxylic acids is 1. The van der Waals surface area contributed by atoms with Crippen LogP contribution in [-0.2, 0) is 16.0 Å². The van der Waals surface area contributed by atoms with E-state index in [1.807, 2.05) is 0 Å². The summed E-state index contributed by atoms with van der Waals surface area (Å²) < 4.78 is 4.84. The fraction of sp³-hybridized carbons (Fsp3) is 0.231. The molecule has 0 N–H and O–H groups in total. The van der Waals surface area contributed by atoms with Crippen LogP contribution >= 0.6 is 0 Å². The van der Waals surface area contributed by atoms with Gasteiger partial charge < -0.3 is 4.74 Å². The van der Waals surface area contributed by atoms with Crippen molar-refractivity contribution in [3.05, 3.63) is 57.8 Å². The minimum atomic E-state index is -0.473. The number of benzene rings is 1. The van der Waals surface area contributed by atoms with Gasteiger partial charge in [0.2, 0.25) is 0 Å². The van der Waals surface area contributed by atoms with Gasteiger partial charge in [0, 0.05) is 18.6 Å². The highest BCUT2D eigenvalue weighted by Gasteiger charge is 2.11. The second-order valence-corrected chi connectivity index (χ2v) is 3.48. The average molecular weight is 247 g/mol. The predicted octanol–water partition coefficient (Wildman–Crippen LogP) is 2.41. The average Bonchev–Trinajstić information content (AvgIpc) is 2.36. The molecule has 0 bridgehead atoms. The molecule has 0 aliphatic heterocycles. The third-order valence-electron chi connectivity index (χ3n) is 2.26. The van der Waals surface area contributed by atoms with Gasteiger partial charge in [0.15, 0.2) is 0 Å². The van der Waals surface area contributed by atoms with Crippen molar-refractivity contribution in [1.82, 2.24) is 0 Å². The van der Waals surface area contributed by atoms with Crippen LogP contribution in [0.4, 0.5) is 5.69 Å². The fourth-order valence-electron chi connectivity index (χ4n) is 1.36. The number of nitrogens with zero attached hydrogens (tertiary/aromatic N) is 1. The number of nitro benzene ring substituents is 1. The molecular weight excluding hydrogens is 234 g/mol. The Hall–Kier alpha value is -2.39. The van der Waals surface area contributed by atoms with E-state index in [9.17, 15) is 14.9 Å². The highest BCUT2D eigenvalue weighted by molar-refractivity contribution is 5.88. The number of ether oxygens (including phenoxy) is 1. The maximum Gasteiger partial charge on any atom is 0.342 e. The molecule has 0 amide bonds. The molecule has 1 aromatic rings. The number of hydrogen-bond donors (Lipinski definition) is 0. The quantitative estimate of drug-likeness (QED) is 0.263. The van der Waals surface area contributed by atoms with E-state index in [-0.39, 0.29) is 12.3 Å². The summed E-state index contributed by atoms with van der Waals surface area (Å²) in [6.45, 7) is 5.43. The van der Waals surface area contributed by atoms with E-state index in [4.69, 9.17) is 4.74 Å². The third kappa shape index (κ3) is 3.57. The van der Waals surface area contributed by atoms with Crippen molar-refractivity contribution in [2.75, 3.05) is 6.61 Å². The Balaban J connectivity index is 2.80. The van der Waals surface area contributed by atoms with Gasteiger partial charge in [-0.2, -0.15) is 0 Å². The predicted molar refractivity (Wildman–Crippen MR) is 66.1 cm³/mol. The molecule has 0 unspecified atom stereocenters. The van der Waals surface area contributed by atoms with Crippen molar-refractivity contribution in [1.29, 1.82) is 0 Å². The second kappa shape index (κ2) is 6.37. The Morgan fingerprint density at radius 3 is 2.50 bits per heavy atom. The Labute approximate surface area is 105 Å². The van der Waals surface area contributed by atoms with Gasteiger partial charge in [0.1, 0.15) is 0 Å². The van der Waals surface area contributed by atoms with Crippen LogP contribution in [0, 0.1) is 10.1 Å². The van der Waals surface area contributed by atoms with Gasteiger partial charge in [-0.15, -0.1) is 5.73 Å². The number of esters is 1. The lowest BCUT2D eigenvalue weighted by molar-refractivity contribution is -0.384. The lowest BCUT2D eigenvalue weighted by Crippen LogP contribution is -2.09. The van der Waals surface area contributed by atoms with Crippen LogP contribution in [0.3, 0.4) is 0 Å². The first-order valence-corrected chi connectivity index (χ1v) is 5.37. The Bertz CT molecular complexity index is 498. The topological polar surface area (TPSA) is 69.4 Å².